The number of amides is 1. The number of nitro groups is 1. The summed E-state index contributed by atoms with van der Waals surface area (Å²) in [7, 11) is 0. The molecule has 0 saturated carbocycles. The van der Waals surface area contributed by atoms with E-state index in [2.05, 4.69) is 5.32 Å². The Morgan fingerprint density at radius 3 is 2.61 bits per heavy atom. The van der Waals surface area contributed by atoms with Gasteiger partial charge in [0.05, 0.1) is 4.92 Å². The lowest BCUT2D eigenvalue weighted by molar-refractivity contribution is -0.384. The average Bonchev–Trinajstić information content (AvgIpc) is 3.41. The Morgan fingerprint density at radius 2 is 1.89 bits per heavy atom. The summed E-state index contributed by atoms with van der Waals surface area (Å²) in [5, 5.41) is 18.4. The molecular formula is C21H19N3O3S. The van der Waals surface area contributed by atoms with Crippen LogP contribution in [0.3, 0.4) is 0 Å². The monoisotopic (exact) mass is 393 g/mol. The van der Waals surface area contributed by atoms with Crippen LogP contribution in [0.2, 0.25) is 0 Å². The predicted molar refractivity (Wildman–Crippen MR) is 112 cm³/mol. The van der Waals surface area contributed by atoms with Gasteiger partial charge in [0.25, 0.3) is 11.6 Å². The first-order valence-corrected chi connectivity index (χ1v) is 10.0. The van der Waals surface area contributed by atoms with E-state index in [4.69, 9.17) is 0 Å². The Kier molecular flexibility index (Phi) is 5.08. The molecule has 1 aliphatic heterocycles. The number of thiophene rings is 1. The van der Waals surface area contributed by atoms with Crippen molar-refractivity contribution in [3.8, 4) is 11.1 Å². The van der Waals surface area contributed by atoms with E-state index >= 15 is 0 Å². The third-order valence-electron chi connectivity index (χ3n) is 4.86. The zero-order valence-electron chi connectivity index (χ0n) is 15.1. The van der Waals surface area contributed by atoms with Gasteiger partial charge in [-0.3, -0.25) is 14.9 Å². The first kappa shape index (κ1) is 18.2. The minimum absolute atomic E-state index is 0.0263. The summed E-state index contributed by atoms with van der Waals surface area (Å²) in [5.74, 6) is -0.362. The number of hydrogen-bond acceptors (Lipinski definition) is 5. The average molecular weight is 393 g/mol. The van der Waals surface area contributed by atoms with Crippen molar-refractivity contribution in [3.63, 3.8) is 0 Å². The fourth-order valence-electron chi connectivity index (χ4n) is 3.44. The molecule has 1 aromatic heterocycles. The molecule has 1 N–H and O–H groups in total. The molecular weight excluding hydrogens is 374 g/mol. The molecule has 142 valence electrons. The van der Waals surface area contributed by atoms with Crippen molar-refractivity contribution in [2.75, 3.05) is 23.3 Å². The molecule has 0 unspecified atom stereocenters. The van der Waals surface area contributed by atoms with E-state index < -0.39 is 4.92 Å². The third-order valence-corrected chi connectivity index (χ3v) is 5.54. The second-order valence-corrected chi connectivity index (χ2v) is 7.48. The summed E-state index contributed by atoms with van der Waals surface area (Å²) in [6.07, 6.45) is 2.06. The second kappa shape index (κ2) is 7.82. The lowest BCUT2D eigenvalue weighted by atomic mass is 10.1. The number of rotatable bonds is 5. The topological polar surface area (TPSA) is 75.5 Å². The fourth-order valence-corrected chi connectivity index (χ4v) is 4.11. The van der Waals surface area contributed by atoms with Gasteiger partial charge in [0.1, 0.15) is 5.69 Å². The minimum Gasteiger partial charge on any atom is -0.366 e. The van der Waals surface area contributed by atoms with Gasteiger partial charge in [-0.25, -0.2) is 0 Å². The molecule has 1 aliphatic rings. The fraction of sp³-hybridized carbons (Fsp3) is 0.190. The van der Waals surface area contributed by atoms with Gasteiger partial charge in [-0.2, -0.15) is 11.3 Å². The maximum atomic E-state index is 12.7. The Morgan fingerprint density at radius 1 is 1.07 bits per heavy atom. The van der Waals surface area contributed by atoms with Crippen molar-refractivity contribution in [1.29, 1.82) is 0 Å². The molecule has 6 nitrogen and oxygen atoms in total. The molecule has 28 heavy (non-hydrogen) atoms. The summed E-state index contributed by atoms with van der Waals surface area (Å²) in [6, 6.07) is 14.3. The molecule has 0 atom stereocenters. The summed E-state index contributed by atoms with van der Waals surface area (Å²) in [4.78, 5) is 25.8. The highest BCUT2D eigenvalue weighted by Crippen LogP contribution is 2.32. The van der Waals surface area contributed by atoms with E-state index in [9.17, 15) is 14.9 Å². The van der Waals surface area contributed by atoms with E-state index in [-0.39, 0.29) is 17.2 Å². The lowest BCUT2D eigenvalue weighted by Crippen LogP contribution is -2.19. The quantitative estimate of drug-likeness (QED) is 0.479. The van der Waals surface area contributed by atoms with Crippen LogP contribution in [-0.2, 0) is 0 Å². The Labute approximate surface area is 166 Å². The van der Waals surface area contributed by atoms with Crippen molar-refractivity contribution in [2.45, 2.75) is 12.8 Å². The van der Waals surface area contributed by atoms with Crippen LogP contribution in [0.15, 0.2) is 59.3 Å². The van der Waals surface area contributed by atoms with Crippen LogP contribution in [-0.4, -0.2) is 23.9 Å². The molecule has 2 aromatic carbocycles. The maximum absolute atomic E-state index is 12.7. The molecule has 1 fully saturated rings. The Bertz CT molecular complexity index is 1010. The standard InChI is InChI=1S/C21H19N3O3S/c25-21(22-18-5-3-4-15(12-18)17-8-11-28-14-17)16-6-7-19(20(13-16)24(26)27)23-9-1-2-10-23/h3-8,11-14H,1-2,9-10H2,(H,22,25). The van der Waals surface area contributed by atoms with Gasteiger partial charge >= 0.3 is 0 Å². The van der Waals surface area contributed by atoms with Crippen LogP contribution in [0.4, 0.5) is 17.1 Å². The predicted octanol–water partition coefficient (Wildman–Crippen LogP) is 5.18. The number of nitrogens with one attached hydrogen (secondary N) is 1. The molecule has 7 heteroatoms. The second-order valence-electron chi connectivity index (χ2n) is 6.70. The van der Waals surface area contributed by atoms with Crippen molar-refractivity contribution < 1.29 is 9.72 Å². The molecule has 2 heterocycles. The number of carbonyl (C=O) groups is 1. The van der Waals surface area contributed by atoms with Gasteiger partial charge in [-0.15, -0.1) is 0 Å². The summed E-state index contributed by atoms with van der Waals surface area (Å²) >= 11 is 1.61. The highest BCUT2D eigenvalue weighted by molar-refractivity contribution is 7.08. The Balaban J connectivity index is 1.57. The molecule has 3 aromatic rings. The molecule has 0 spiro atoms. The van der Waals surface area contributed by atoms with Crippen LogP contribution in [0, 0.1) is 10.1 Å². The molecule has 0 bridgehead atoms. The number of nitro benzene ring substituents is 1. The van der Waals surface area contributed by atoms with Crippen LogP contribution in [0.1, 0.15) is 23.2 Å². The zero-order chi connectivity index (χ0) is 19.5. The van der Waals surface area contributed by atoms with Gasteiger partial charge < -0.3 is 10.2 Å². The van der Waals surface area contributed by atoms with Crippen LogP contribution in [0.5, 0.6) is 0 Å². The smallest absolute Gasteiger partial charge is 0.293 e. The Hall–Kier alpha value is -3.19. The number of benzene rings is 2. The highest BCUT2D eigenvalue weighted by atomic mass is 32.1. The van der Waals surface area contributed by atoms with Crippen molar-refractivity contribution in [3.05, 3.63) is 75.0 Å². The highest BCUT2D eigenvalue weighted by Gasteiger charge is 2.23. The number of anilines is 2. The third kappa shape index (κ3) is 3.75. The number of carbonyl (C=O) groups excluding carboxylic acids is 1. The van der Waals surface area contributed by atoms with Crippen molar-refractivity contribution in [2.24, 2.45) is 0 Å². The van der Waals surface area contributed by atoms with Gasteiger partial charge in [-0.05, 0) is 65.1 Å². The van der Waals surface area contributed by atoms with E-state index in [1.807, 2.05) is 39.9 Å². The lowest BCUT2D eigenvalue weighted by Gasteiger charge is -2.17. The first-order valence-electron chi connectivity index (χ1n) is 9.09. The summed E-state index contributed by atoms with van der Waals surface area (Å²) < 4.78 is 0. The van der Waals surface area contributed by atoms with Crippen LogP contribution < -0.4 is 10.2 Å². The maximum Gasteiger partial charge on any atom is 0.293 e. The molecule has 4 rings (SSSR count). The largest absolute Gasteiger partial charge is 0.366 e. The molecule has 1 saturated heterocycles. The zero-order valence-corrected chi connectivity index (χ0v) is 15.9. The van der Waals surface area contributed by atoms with Gasteiger partial charge in [0, 0.05) is 30.4 Å². The van der Waals surface area contributed by atoms with E-state index in [0.717, 1.165) is 37.1 Å². The normalized spacial score (nSPS) is 13.5. The summed E-state index contributed by atoms with van der Waals surface area (Å²) in [5.41, 5.74) is 3.58. The van der Waals surface area contributed by atoms with E-state index in [1.54, 1.807) is 29.5 Å². The van der Waals surface area contributed by atoms with Gasteiger partial charge in [0.15, 0.2) is 0 Å². The van der Waals surface area contributed by atoms with Crippen LogP contribution in [0.25, 0.3) is 11.1 Å². The number of nitrogens with zero attached hydrogens (tertiary/aromatic N) is 2. The van der Waals surface area contributed by atoms with Crippen molar-refractivity contribution >= 4 is 34.3 Å². The SMILES string of the molecule is O=C(Nc1cccc(-c2ccsc2)c1)c1ccc(N2CCCC2)c([N+](=O)[O-])c1. The van der Waals surface area contributed by atoms with E-state index in [1.165, 1.54) is 6.07 Å². The summed E-state index contributed by atoms with van der Waals surface area (Å²) in [6.45, 7) is 1.61. The minimum atomic E-state index is -0.415. The molecule has 1 amide bonds. The first-order chi connectivity index (χ1) is 13.6. The van der Waals surface area contributed by atoms with Crippen molar-refractivity contribution in [1.82, 2.24) is 0 Å². The molecule has 0 aliphatic carbocycles. The van der Waals surface area contributed by atoms with Gasteiger partial charge in [-0.1, -0.05) is 12.1 Å². The van der Waals surface area contributed by atoms with E-state index in [0.29, 0.717) is 11.4 Å². The van der Waals surface area contributed by atoms with Gasteiger partial charge in [0.2, 0.25) is 0 Å². The van der Waals surface area contributed by atoms with Crippen LogP contribution >= 0.6 is 11.3 Å². The molecule has 0 radical (unpaired) electrons. The number of hydrogen-bond donors (Lipinski definition) is 1.